The predicted octanol–water partition coefficient (Wildman–Crippen LogP) is -0.702. The highest BCUT2D eigenvalue weighted by atomic mass is 16.5. The number of hydrogen-bond donors (Lipinski definition) is 3. The zero-order valence-electron chi connectivity index (χ0n) is 11.7. The molecule has 0 rings (SSSR count). The molecule has 0 aliphatic rings. The van der Waals surface area contributed by atoms with E-state index in [0.717, 1.165) is 0 Å². The van der Waals surface area contributed by atoms with Gasteiger partial charge in [0.1, 0.15) is 6.04 Å². The molecule has 0 heterocycles. The molecule has 2 unspecified atom stereocenters. The lowest BCUT2D eigenvalue weighted by Gasteiger charge is -2.12. The van der Waals surface area contributed by atoms with Gasteiger partial charge in [-0.3, -0.25) is 9.59 Å². The van der Waals surface area contributed by atoms with Crippen molar-refractivity contribution in [2.45, 2.75) is 45.7 Å². The van der Waals surface area contributed by atoms with Crippen LogP contribution in [0.3, 0.4) is 0 Å². The second-order valence-electron chi connectivity index (χ2n) is 4.22. The lowest BCUT2D eigenvalue weighted by molar-refractivity contribution is -0.146. The van der Waals surface area contributed by atoms with Gasteiger partial charge >= 0.3 is 5.97 Å². The summed E-state index contributed by atoms with van der Waals surface area (Å²) in [5.41, 5.74) is 5.36. The number of rotatable bonds is 8. The fourth-order valence-corrected chi connectivity index (χ4v) is 1.26. The fourth-order valence-electron chi connectivity index (χ4n) is 1.26. The SMILES string of the molecule is CCOC(=O)C(C)NC(=O)CCCNC(=O)C(C)N. The van der Waals surface area contributed by atoms with Gasteiger partial charge in [-0.1, -0.05) is 0 Å². The van der Waals surface area contributed by atoms with Crippen LogP contribution >= 0.6 is 0 Å². The second-order valence-corrected chi connectivity index (χ2v) is 4.22. The molecule has 110 valence electrons. The lowest BCUT2D eigenvalue weighted by atomic mass is 10.2. The maximum Gasteiger partial charge on any atom is 0.328 e. The Balaban J connectivity index is 3.76. The van der Waals surface area contributed by atoms with Crippen molar-refractivity contribution in [2.75, 3.05) is 13.2 Å². The van der Waals surface area contributed by atoms with Gasteiger partial charge in [-0.25, -0.2) is 4.79 Å². The normalized spacial score (nSPS) is 13.3. The summed E-state index contributed by atoms with van der Waals surface area (Å²) in [7, 11) is 0. The van der Waals surface area contributed by atoms with Crippen LogP contribution in [-0.4, -0.2) is 43.0 Å². The Morgan fingerprint density at radius 1 is 1.26 bits per heavy atom. The predicted molar refractivity (Wildman–Crippen MR) is 70.1 cm³/mol. The topological polar surface area (TPSA) is 111 Å². The molecule has 2 amide bonds. The second kappa shape index (κ2) is 9.32. The minimum Gasteiger partial charge on any atom is -0.464 e. The lowest BCUT2D eigenvalue weighted by Crippen LogP contribution is -2.40. The standard InChI is InChI=1S/C12H23N3O4/c1-4-19-12(18)9(3)15-10(16)6-5-7-14-11(17)8(2)13/h8-9H,4-7,13H2,1-3H3,(H,14,17)(H,15,16). The number of hydrogen-bond acceptors (Lipinski definition) is 5. The smallest absolute Gasteiger partial charge is 0.328 e. The van der Waals surface area contributed by atoms with Crippen LogP contribution in [0.25, 0.3) is 0 Å². The van der Waals surface area contributed by atoms with Crippen LogP contribution in [0.4, 0.5) is 0 Å². The Kier molecular flexibility index (Phi) is 8.52. The molecule has 19 heavy (non-hydrogen) atoms. The summed E-state index contributed by atoms with van der Waals surface area (Å²) < 4.78 is 4.76. The highest BCUT2D eigenvalue weighted by Crippen LogP contribution is 1.92. The molecule has 0 bridgehead atoms. The van der Waals surface area contributed by atoms with Gasteiger partial charge in [-0.2, -0.15) is 0 Å². The maximum atomic E-state index is 11.5. The van der Waals surface area contributed by atoms with Gasteiger partial charge in [0.15, 0.2) is 0 Å². The molecule has 7 heteroatoms. The first-order chi connectivity index (χ1) is 8.88. The van der Waals surface area contributed by atoms with E-state index >= 15 is 0 Å². The summed E-state index contributed by atoms with van der Waals surface area (Å²) in [6, 6.07) is -1.22. The quantitative estimate of drug-likeness (QED) is 0.400. The molecule has 7 nitrogen and oxygen atoms in total. The van der Waals surface area contributed by atoms with E-state index in [-0.39, 0.29) is 24.8 Å². The molecule has 0 aliphatic carbocycles. The van der Waals surface area contributed by atoms with E-state index in [1.165, 1.54) is 0 Å². The summed E-state index contributed by atoms with van der Waals surface area (Å²) in [4.78, 5) is 33.9. The van der Waals surface area contributed by atoms with Crippen molar-refractivity contribution in [3.05, 3.63) is 0 Å². The molecule has 0 aliphatic heterocycles. The maximum absolute atomic E-state index is 11.5. The Hall–Kier alpha value is -1.63. The van der Waals surface area contributed by atoms with Crippen molar-refractivity contribution in [2.24, 2.45) is 5.73 Å². The number of esters is 1. The number of carbonyl (C=O) groups excluding carboxylic acids is 3. The molecule has 4 N–H and O–H groups in total. The van der Waals surface area contributed by atoms with Crippen molar-refractivity contribution in [1.82, 2.24) is 10.6 Å². The number of amides is 2. The van der Waals surface area contributed by atoms with Crippen LogP contribution in [0.5, 0.6) is 0 Å². The third-order valence-corrected chi connectivity index (χ3v) is 2.31. The molecular weight excluding hydrogens is 250 g/mol. The van der Waals surface area contributed by atoms with Gasteiger partial charge < -0.3 is 21.1 Å². The van der Waals surface area contributed by atoms with E-state index in [2.05, 4.69) is 10.6 Å². The molecule has 0 aromatic rings. The van der Waals surface area contributed by atoms with Gasteiger partial charge in [0.05, 0.1) is 12.6 Å². The minimum absolute atomic E-state index is 0.225. The average molecular weight is 273 g/mol. The molecule has 0 saturated carbocycles. The van der Waals surface area contributed by atoms with E-state index < -0.39 is 18.1 Å². The Labute approximate surface area is 113 Å². The zero-order chi connectivity index (χ0) is 14.8. The van der Waals surface area contributed by atoms with Gasteiger partial charge in [-0.05, 0) is 27.2 Å². The number of nitrogens with two attached hydrogens (primary N) is 1. The van der Waals surface area contributed by atoms with Gasteiger partial charge in [0, 0.05) is 13.0 Å². The average Bonchev–Trinajstić information content (AvgIpc) is 2.34. The zero-order valence-corrected chi connectivity index (χ0v) is 11.7. The van der Waals surface area contributed by atoms with Gasteiger partial charge in [0.25, 0.3) is 0 Å². The first kappa shape index (κ1) is 17.4. The van der Waals surface area contributed by atoms with E-state index in [0.29, 0.717) is 13.0 Å². The summed E-state index contributed by atoms with van der Waals surface area (Å²) in [6.07, 6.45) is 0.711. The molecule has 0 radical (unpaired) electrons. The van der Waals surface area contributed by atoms with Crippen LogP contribution < -0.4 is 16.4 Å². The van der Waals surface area contributed by atoms with Crippen molar-refractivity contribution in [1.29, 1.82) is 0 Å². The van der Waals surface area contributed by atoms with Crippen LogP contribution in [0.15, 0.2) is 0 Å². The van der Waals surface area contributed by atoms with Crippen LogP contribution in [-0.2, 0) is 19.1 Å². The first-order valence-electron chi connectivity index (χ1n) is 6.37. The highest BCUT2D eigenvalue weighted by molar-refractivity contribution is 5.84. The number of carbonyl (C=O) groups is 3. The first-order valence-corrected chi connectivity index (χ1v) is 6.37. The van der Waals surface area contributed by atoms with Gasteiger partial charge in [0.2, 0.25) is 11.8 Å². The number of nitrogens with one attached hydrogen (secondary N) is 2. The van der Waals surface area contributed by atoms with Crippen molar-refractivity contribution < 1.29 is 19.1 Å². The molecule has 2 atom stereocenters. The van der Waals surface area contributed by atoms with Crippen LogP contribution in [0.1, 0.15) is 33.6 Å². The molecule has 0 saturated heterocycles. The van der Waals surface area contributed by atoms with Crippen LogP contribution in [0, 0.1) is 0 Å². The molecule has 0 spiro atoms. The third kappa shape index (κ3) is 8.15. The Bertz CT molecular complexity index is 318. The van der Waals surface area contributed by atoms with Crippen molar-refractivity contribution >= 4 is 17.8 Å². The fraction of sp³-hybridized carbons (Fsp3) is 0.750. The van der Waals surface area contributed by atoms with E-state index in [4.69, 9.17) is 10.5 Å². The summed E-state index contributed by atoms with van der Waals surface area (Å²) in [5, 5.41) is 5.12. The minimum atomic E-state index is -0.661. The van der Waals surface area contributed by atoms with E-state index in [1.54, 1.807) is 20.8 Å². The molecule has 0 aromatic carbocycles. The third-order valence-electron chi connectivity index (χ3n) is 2.31. The Morgan fingerprint density at radius 3 is 2.42 bits per heavy atom. The van der Waals surface area contributed by atoms with Crippen LogP contribution in [0.2, 0.25) is 0 Å². The highest BCUT2D eigenvalue weighted by Gasteiger charge is 2.16. The monoisotopic (exact) mass is 273 g/mol. The molecule has 0 fully saturated rings. The summed E-state index contributed by atoms with van der Waals surface area (Å²) in [5.74, 6) is -0.961. The van der Waals surface area contributed by atoms with E-state index in [1.807, 2.05) is 0 Å². The Morgan fingerprint density at radius 2 is 1.89 bits per heavy atom. The molecular formula is C12H23N3O4. The van der Waals surface area contributed by atoms with Gasteiger partial charge in [-0.15, -0.1) is 0 Å². The van der Waals surface area contributed by atoms with Crippen molar-refractivity contribution in [3.8, 4) is 0 Å². The summed E-state index contributed by atoms with van der Waals surface area (Å²) >= 11 is 0. The largest absolute Gasteiger partial charge is 0.464 e. The number of ether oxygens (including phenoxy) is 1. The van der Waals surface area contributed by atoms with E-state index in [9.17, 15) is 14.4 Å². The summed E-state index contributed by atoms with van der Waals surface area (Å²) in [6.45, 7) is 5.51. The molecule has 0 aromatic heterocycles. The van der Waals surface area contributed by atoms with Crippen molar-refractivity contribution in [3.63, 3.8) is 0 Å².